The monoisotopic (exact) mass is 216 g/mol. The summed E-state index contributed by atoms with van der Waals surface area (Å²) in [5.41, 5.74) is 7.91. The third-order valence-electron chi connectivity index (χ3n) is 2.60. The van der Waals surface area contributed by atoms with E-state index in [0.29, 0.717) is 6.54 Å². The molecular weight excluding hydrogens is 200 g/mol. The standard InChI is InChI=1S/C13H16N2O/c1-9-10-6-4-5-7-11(10)12(16)15(9)8-13(2,3)14/h4-7H,1,8,14H2,2-3H3. The fourth-order valence-corrected chi connectivity index (χ4v) is 1.91. The van der Waals surface area contributed by atoms with Crippen LogP contribution in [0.25, 0.3) is 5.70 Å². The lowest BCUT2D eigenvalue weighted by molar-refractivity contribution is 0.0831. The molecule has 0 aliphatic carbocycles. The minimum absolute atomic E-state index is 0.000810. The van der Waals surface area contributed by atoms with E-state index in [1.165, 1.54) is 0 Å². The Bertz CT molecular complexity index is 422. The fraction of sp³-hybridized carbons (Fsp3) is 0.308. The normalized spacial score (nSPS) is 15.6. The lowest BCUT2D eigenvalue weighted by Crippen LogP contribution is -2.44. The topological polar surface area (TPSA) is 46.3 Å². The lowest BCUT2D eigenvalue weighted by Gasteiger charge is -2.26. The van der Waals surface area contributed by atoms with Crippen LogP contribution in [-0.4, -0.2) is 22.9 Å². The van der Waals surface area contributed by atoms with E-state index in [1.807, 2.05) is 38.1 Å². The molecule has 3 heteroatoms. The molecule has 1 heterocycles. The van der Waals surface area contributed by atoms with Crippen molar-refractivity contribution in [1.29, 1.82) is 0 Å². The molecule has 1 aliphatic heterocycles. The van der Waals surface area contributed by atoms with Crippen LogP contribution >= 0.6 is 0 Å². The molecule has 2 rings (SSSR count). The molecule has 0 spiro atoms. The quantitative estimate of drug-likeness (QED) is 0.820. The van der Waals surface area contributed by atoms with Crippen molar-refractivity contribution in [3.8, 4) is 0 Å². The third-order valence-corrected chi connectivity index (χ3v) is 2.60. The summed E-state index contributed by atoms with van der Waals surface area (Å²) in [7, 11) is 0. The molecule has 1 aliphatic rings. The number of rotatable bonds is 2. The van der Waals surface area contributed by atoms with Crippen LogP contribution < -0.4 is 5.73 Å². The zero-order chi connectivity index (χ0) is 11.9. The smallest absolute Gasteiger partial charge is 0.259 e. The van der Waals surface area contributed by atoms with Crippen molar-refractivity contribution in [2.24, 2.45) is 5.73 Å². The molecule has 0 saturated heterocycles. The van der Waals surface area contributed by atoms with E-state index in [1.54, 1.807) is 4.90 Å². The first kappa shape index (κ1) is 10.9. The Hall–Kier alpha value is -1.61. The number of nitrogens with two attached hydrogens (primary N) is 1. The van der Waals surface area contributed by atoms with E-state index in [4.69, 9.17) is 5.73 Å². The van der Waals surface area contributed by atoms with Gasteiger partial charge in [0.25, 0.3) is 5.91 Å². The second kappa shape index (κ2) is 3.46. The SMILES string of the molecule is C=C1c2ccccc2C(=O)N1CC(C)(C)N. The van der Waals surface area contributed by atoms with Crippen LogP contribution in [0.3, 0.4) is 0 Å². The summed E-state index contributed by atoms with van der Waals surface area (Å²) in [6, 6.07) is 7.51. The number of benzene rings is 1. The molecular formula is C13H16N2O. The Labute approximate surface area is 95.6 Å². The number of nitrogens with zero attached hydrogens (tertiary/aromatic N) is 1. The average Bonchev–Trinajstić information content (AvgIpc) is 2.43. The van der Waals surface area contributed by atoms with Gasteiger partial charge in [-0.05, 0) is 19.9 Å². The molecule has 2 N–H and O–H groups in total. The van der Waals surface area contributed by atoms with Crippen LogP contribution in [0, 0.1) is 0 Å². The number of carbonyl (C=O) groups excluding carboxylic acids is 1. The molecule has 1 aromatic rings. The largest absolute Gasteiger partial charge is 0.324 e. The summed E-state index contributed by atoms with van der Waals surface area (Å²) in [5, 5.41) is 0. The van der Waals surface area contributed by atoms with Gasteiger partial charge in [-0.15, -0.1) is 0 Å². The average molecular weight is 216 g/mol. The minimum Gasteiger partial charge on any atom is -0.324 e. The van der Waals surface area contributed by atoms with Crippen molar-refractivity contribution in [3.05, 3.63) is 42.0 Å². The Morgan fingerprint density at radius 1 is 1.31 bits per heavy atom. The molecule has 0 unspecified atom stereocenters. The van der Waals surface area contributed by atoms with E-state index in [2.05, 4.69) is 6.58 Å². The van der Waals surface area contributed by atoms with Crippen LogP contribution in [-0.2, 0) is 0 Å². The fourth-order valence-electron chi connectivity index (χ4n) is 1.91. The predicted molar refractivity (Wildman–Crippen MR) is 64.8 cm³/mol. The predicted octanol–water partition coefficient (Wildman–Crippen LogP) is 1.85. The highest BCUT2D eigenvalue weighted by atomic mass is 16.2. The molecule has 0 atom stereocenters. The summed E-state index contributed by atoms with van der Waals surface area (Å²) in [5.74, 6) is -0.000810. The van der Waals surface area contributed by atoms with Gasteiger partial charge in [-0.25, -0.2) is 0 Å². The minimum atomic E-state index is -0.416. The van der Waals surface area contributed by atoms with Gasteiger partial charge in [0.2, 0.25) is 0 Å². The Balaban J connectivity index is 2.36. The van der Waals surface area contributed by atoms with Crippen molar-refractivity contribution < 1.29 is 4.79 Å². The van der Waals surface area contributed by atoms with Gasteiger partial charge in [-0.2, -0.15) is 0 Å². The molecule has 84 valence electrons. The second-order valence-corrected chi connectivity index (χ2v) is 4.87. The summed E-state index contributed by atoms with van der Waals surface area (Å²) in [6.07, 6.45) is 0. The first-order valence-corrected chi connectivity index (χ1v) is 5.29. The molecule has 0 aromatic heterocycles. The highest BCUT2D eigenvalue weighted by Gasteiger charge is 2.32. The zero-order valence-electron chi connectivity index (χ0n) is 9.66. The van der Waals surface area contributed by atoms with Crippen molar-refractivity contribution in [3.63, 3.8) is 0 Å². The Morgan fingerprint density at radius 3 is 2.38 bits per heavy atom. The first-order chi connectivity index (χ1) is 7.40. The van der Waals surface area contributed by atoms with Crippen molar-refractivity contribution in [1.82, 2.24) is 4.90 Å². The second-order valence-electron chi connectivity index (χ2n) is 4.87. The number of hydrogen-bond donors (Lipinski definition) is 1. The van der Waals surface area contributed by atoms with E-state index < -0.39 is 5.54 Å². The molecule has 0 saturated carbocycles. The van der Waals surface area contributed by atoms with Crippen LogP contribution in [0.1, 0.15) is 29.8 Å². The molecule has 3 nitrogen and oxygen atoms in total. The van der Waals surface area contributed by atoms with E-state index in [-0.39, 0.29) is 5.91 Å². The molecule has 0 radical (unpaired) electrons. The van der Waals surface area contributed by atoms with Gasteiger partial charge in [0, 0.05) is 28.9 Å². The van der Waals surface area contributed by atoms with Crippen LogP contribution in [0.2, 0.25) is 0 Å². The van der Waals surface area contributed by atoms with Crippen LogP contribution in [0.5, 0.6) is 0 Å². The van der Waals surface area contributed by atoms with Gasteiger partial charge in [0.15, 0.2) is 0 Å². The number of hydrogen-bond acceptors (Lipinski definition) is 2. The summed E-state index contributed by atoms with van der Waals surface area (Å²) in [6.45, 7) is 8.25. The van der Waals surface area contributed by atoms with Gasteiger partial charge in [-0.1, -0.05) is 24.8 Å². The van der Waals surface area contributed by atoms with E-state index in [9.17, 15) is 4.79 Å². The number of amides is 1. The molecule has 1 amide bonds. The molecule has 0 fully saturated rings. The van der Waals surface area contributed by atoms with Crippen LogP contribution in [0.15, 0.2) is 30.8 Å². The van der Waals surface area contributed by atoms with Gasteiger partial charge in [0.05, 0.1) is 0 Å². The van der Waals surface area contributed by atoms with Crippen molar-refractivity contribution in [2.45, 2.75) is 19.4 Å². The van der Waals surface area contributed by atoms with E-state index in [0.717, 1.165) is 16.8 Å². The van der Waals surface area contributed by atoms with Gasteiger partial charge in [0.1, 0.15) is 0 Å². The van der Waals surface area contributed by atoms with Gasteiger partial charge in [-0.3, -0.25) is 4.79 Å². The molecule has 16 heavy (non-hydrogen) atoms. The maximum atomic E-state index is 12.1. The van der Waals surface area contributed by atoms with Gasteiger partial charge >= 0.3 is 0 Å². The highest BCUT2D eigenvalue weighted by molar-refractivity contribution is 6.08. The molecule has 1 aromatic carbocycles. The van der Waals surface area contributed by atoms with Crippen molar-refractivity contribution in [2.75, 3.05) is 6.54 Å². The van der Waals surface area contributed by atoms with Crippen LogP contribution in [0.4, 0.5) is 0 Å². The summed E-state index contributed by atoms with van der Waals surface area (Å²) in [4.78, 5) is 13.8. The third kappa shape index (κ3) is 1.74. The maximum Gasteiger partial charge on any atom is 0.259 e. The van der Waals surface area contributed by atoms with Crippen molar-refractivity contribution >= 4 is 11.6 Å². The zero-order valence-corrected chi connectivity index (χ0v) is 9.66. The van der Waals surface area contributed by atoms with Gasteiger partial charge < -0.3 is 10.6 Å². The molecule has 0 bridgehead atoms. The first-order valence-electron chi connectivity index (χ1n) is 5.29. The maximum absolute atomic E-state index is 12.1. The Morgan fingerprint density at radius 2 is 1.88 bits per heavy atom. The number of fused-ring (bicyclic) bond motifs is 1. The Kier molecular flexibility index (Phi) is 2.35. The number of carbonyl (C=O) groups is 1. The lowest BCUT2D eigenvalue weighted by atomic mass is 10.1. The van der Waals surface area contributed by atoms with E-state index >= 15 is 0 Å². The summed E-state index contributed by atoms with van der Waals surface area (Å²) >= 11 is 0. The summed E-state index contributed by atoms with van der Waals surface area (Å²) < 4.78 is 0. The highest BCUT2D eigenvalue weighted by Crippen LogP contribution is 2.31.